The first-order chi connectivity index (χ1) is 12.5. The largest absolute Gasteiger partial charge is 0.416 e. The van der Waals surface area contributed by atoms with Gasteiger partial charge in [0.1, 0.15) is 0 Å². The summed E-state index contributed by atoms with van der Waals surface area (Å²) in [5, 5.41) is 26.4. The van der Waals surface area contributed by atoms with Gasteiger partial charge in [0.15, 0.2) is 0 Å². The highest BCUT2D eigenvalue weighted by Crippen LogP contribution is 2.41. The van der Waals surface area contributed by atoms with Crippen molar-refractivity contribution in [3.63, 3.8) is 0 Å². The number of hydrogen-bond donors (Lipinski definition) is 1. The molecule has 0 heterocycles. The van der Waals surface area contributed by atoms with E-state index >= 15 is 0 Å². The molecule has 27 heavy (non-hydrogen) atoms. The quantitative estimate of drug-likeness (QED) is 0.429. The number of nitro groups is 2. The van der Waals surface area contributed by atoms with Crippen molar-refractivity contribution >= 4 is 34.4 Å². The zero-order valence-electron chi connectivity index (χ0n) is 13.5. The Morgan fingerprint density at radius 3 is 2.07 bits per heavy atom. The molecule has 12 heteroatoms. The van der Waals surface area contributed by atoms with Crippen LogP contribution in [-0.2, 0) is 6.18 Å². The lowest BCUT2D eigenvalue weighted by molar-refractivity contribution is -0.392. The van der Waals surface area contributed by atoms with Gasteiger partial charge in [0.05, 0.1) is 21.1 Å². The van der Waals surface area contributed by atoms with Gasteiger partial charge in [-0.2, -0.15) is 18.3 Å². The number of alkyl halides is 3. The van der Waals surface area contributed by atoms with Crippen molar-refractivity contribution in [1.29, 1.82) is 0 Å². The predicted octanol–water partition coefficient (Wildman–Crippen LogP) is 5.01. The summed E-state index contributed by atoms with van der Waals surface area (Å²) in [6.07, 6.45) is -5.00. The van der Waals surface area contributed by atoms with Crippen molar-refractivity contribution in [2.45, 2.75) is 13.1 Å². The molecule has 0 aliphatic heterocycles. The summed E-state index contributed by atoms with van der Waals surface area (Å²) in [6, 6.07) is 6.84. The molecule has 2 rings (SSSR count). The first-order valence-electron chi connectivity index (χ1n) is 7.11. The van der Waals surface area contributed by atoms with Crippen LogP contribution in [0.2, 0.25) is 5.02 Å². The molecule has 8 nitrogen and oxygen atoms in total. The minimum Gasteiger partial charge on any atom is -0.266 e. The number of nitro benzene ring substituents is 2. The van der Waals surface area contributed by atoms with Crippen LogP contribution in [0.4, 0.5) is 30.2 Å². The summed E-state index contributed by atoms with van der Waals surface area (Å²) >= 11 is 5.99. The molecule has 0 saturated carbocycles. The number of nitrogens with one attached hydrogen (secondary N) is 1. The van der Waals surface area contributed by atoms with E-state index in [0.717, 1.165) is 0 Å². The Labute approximate surface area is 154 Å². The minimum atomic E-state index is -5.00. The molecule has 0 aromatic heterocycles. The lowest BCUT2D eigenvalue weighted by Crippen LogP contribution is -2.10. The normalized spacial score (nSPS) is 12.0. The molecule has 0 fully saturated rings. The number of hydrazone groups is 1. The number of halogens is 4. The van der Waals surface area contributed by atoms with E-state index in [1.54, 1.807) is 24.3 Å². The number of anilines is 1. The molecule has 142 valence electrons. The highest BCUT2D eigenvalue weighted by Gasteiger charge is 2.37. The van der Waals surface area contributed by atoms with E-state index in [9.17, 15) is 33.4 Å². The number of benzene rings is 2. The van der Waals surface area contributed by atoms with Gasteiger partial charge < -0.3 is 0 Å². The lowest BCUT2D eigenvalue weighted by Gasteiger charge is -2.10. The zero-order valence-corrected chi connectivity index (χ0v) is 14.2. The van der Waals surface area contributed by atoms with Crippen molar-refractivity contribution in [2.75, 3.05) is 5.43 Å². The monoisotopic (exact) mass is 402 g/mol. The Bertz CT molecular complexity index is 912. The standard InChI is InChI=1S/C15H10ClF3N4O4/c1-8(10-4-2-3-5-11(10)16)20-21-14-12(22(24)25)6-9(15(17,18)19)7-13(14)23(26)27/h2-7,21H,1H3/b20-8-. The third-order valence-electron chi connectivity index (χ3n) is 3.42. The van der Waals surface area contributed by atoms with Crippen LogP contribution in [-0.4, -0.2) is 15.6 Å². The SMILES string of the molecule is C/C(=N/Nc1c([N+](=O)[O-])cc(C(F)(F)F)cc1[N+](=O)[O-])c1ccccc1Cl. The minimum absolute atomic E-state index is 0.204. The van der Waals surface area contributed by atoms with Crippen LogP contribution < -0.4 is 5.43 Å². The first kappa shape index (κ1) is 20.1. The number of hydrogen-bond acceptors (Lipinski definition) is 6. The summed E-state index contributed by atoms with van der Waals surface area (Å²) in [6.45, 7) is 1.47. The van der Waals surface area contributed by atoms with E-state index in [2.05, 4.69) is 10.5 Å². The van der Waals surface area contributed by atoms with E-state index in [4.69, 9.17) is 11.6 Å². The second kappa shape index (κ2) is 7.58. The molecule has 0 amide bonds. The van der Waals surface area contributed by atoms with Crippen LogP contribution >= 0.6 is 11.6 Å². The molecule has 2 aromatic carbocycles. The Morgan fingerprint density at radius 1 is 1.11 bits per heavy atom. The fourth-order valence-electron chi connectivity index (χ4n) is 2.13. The molecular weight excluding hydrogens is 393 g/mol. The van der Waals surface area contributed by atoms with Crippen LogP contribution in [0.15, 0.2) is 41.5 Å². The maximum Gasteiger partial charge on any atom is 0.416 e. The average Bonchev–Trinajstić information content (AvgIpc) is 2.58. The van der Waals surface area contributed by atoms with Crippen molar-refractivity contribution < 1.29 is 23.0 Å². The van der Waals surface area contributed by atoms with E-state index in [1.165, 1.54) is 6.92 Å². The van der Waals surface area contributed by atoms with Gasteiger partial charge in [0, 0.05) is 22.7 Å². The second-order valence-electron chi connectivity index (χ2n) is 5.19. The van der Waals surface area contributed by atoms with Crippen LogP contribution in [0.25, 0.3) is 0 Å². The summed E-state index contributed by atoms with van der Waals surface area (Å²) in [4.78, 5) is 20.0. The maximum atomic E-state index is 12.9. The van der Waals surface area contributed by atoms with Gasteiger partial charge in [0.2, 0.25) is 5.69 Å². The van der Waals surface area contributed by atoms with Crippen LogP contribution in [0.1, 0.15) is 18.1 Å². The molecule has 2 aromatic rings. The number of rotatable bonds is 5. The van der Waals surface area contributed by atoms with Crippen molar-refractivity contribution in [3.05, 3.63) is 72.8 Å². The molecule has 0 saturated heterocycles. The van der Waals surface area contributed by atoms with Crippen molar-refractivity contribution in [1.82, 2.24) is 0 Å². The molecule has 0 bridgehead atoms. The molecule has 0 aliphatic carbocycles. The third-order valence-corrected chi connectivity index (χ3v) is 3.75. The van der Waals surface area contributed by atoms with Gasteiger partial charge in [-0.05, 0) is 13.0 Å². The van der Waals surface area contributed by atoms with Gasteiger partial charge in [-0.15, -0.1) is 0 Å². The molecule has 0 spiro atoms. The summed E-state index contributed by atoms with van der Waals surface area (Å²) in [7, 11) is 0. The fourth-order valence-corrected chi connectivity index (χ4v) is 2.41. The Morgan fingerprint density at radius 2 is 1.63 bits per heavy atom. The summed E-state index contributed by atoms with van der Waals surface area (Å²) in [5.41, 5.74) is -1.78. The van der Waals surface area contributed by atoms with Crippen LogP contribution in [0.5, 0.6) is 0 Å². The van der Waals surface area contributed by atoms with E-state index in [-0.39, 0.29) is 17.8 Å². The summed E-state index contributed by atoms with van der Waals surface area (Å²) in [5.74, 6) is 0. The highest BCUT2D eigenvalue weighted by atomic mass is 35.5. The maximum absolute atomic E-state index is 12.9. The van der Waals surface area contributed by atoms with Gasteiger partial charge in [-0.3, -0.25) is 25.7 Å². The summed E-state index contributed by atoms with van der Waals surface area (Å²) < 4.78 is 38.6. The fraction of sp³-hybridized carbons (Fsp3) is 0.133. The van der Waals surface area contributed by atoms with Gasteiger partial charge >= 0.3 is 17.6 Å². The van der Waals surface area contributed by atoms with Crippen molar-refractivity contribution in [2.24, 2.45) is 5.10 Å². The molecule has 0 atom stereocenters. The van der Waals surface area contributed by atoms with Crippen LogP contribution in [0, 0.1) is 20.2 Å². The average molecular weight is 403 g/mol. The van der Waals surface area contributed by atoms with E-state index in [1.807, 2.05) is 0 Å². The Hall–Kier alpha value is -3.21. The van der Waals surface area contributed by atoms with Gasteiger partial charge in [0.25, 0.3) is 0 Å². The highest BCUT2D eigenvalue weighted by molar-refractivity contribution is 6.34. The first-order valence-corrected chi connectivity index (χ1v) is 7.49. The topological polar surface area (TPSA) is 111 Å². The van der Waals surface area contributed by atoms with Gasteiger partial charge in [-0.1, -0.05) is 29.8 Å². The van der Waals surface area contributed by atoms with E-state index in [0.29, 0.717) is 10.6 Å². The molecule has 1 N–H and O–H groups in total. The third kappa shape index (κ3) is 4.50. The zero-order chi connectivity index (χ0) is 20.4. The molecule has 0 radical (unpaired) electrons. The smallest absolute Gasteiger partial charge is 0.266 e. The van der Waals surface area contributed by atoms with Gasteiger partial charge in [-0.25, -0.2) is 0 Å². The lowest BCUT2D eigenvalue weighted by atomic mass is 10.1. The number of nitrogens with zero attached hydrogens (tertiary/aromatic N) is 3. The molecule has 0 unspecified atom stereocenters. The molecular formula is C15H10ClF3N4O4. The second-order valence-corrected chi connectivity index (χ2v) is 5.60. The van der Waals surface area contributed by atoms with Crippen LogP contribution in [0.3, 0.4) is 0 Å². The predicted molar refractivity (Wildman–Crippen MR) is 92.0 cm³/mol. The molecule has 0 aliphatic rings. The Kier molecular flexibility index (Phi) is 5.64. The van der Waals surface area contributed by atoms with Crippen molar-refractivity contribution in [3.8, 4) is 0 Å². The van der Waals surface area contributed by atoms with E-state index < -0.39 is 38.6 Å². The Balaban J connectivity index is 2.58.